The van der Waals surface area contributed by atoms with Crippen molar-refractivity contribution in [2.75, 3.05) is 0 Å². The van der Waals surface area contributed by atoms with Crippen molar-refractivity contribution in [1.82, 2.24) is 34.3 Å². The first kappa shape index (κ1) is 24.1. The van der Waals surface area contributed by atoms with Gasteiger partial charge in [0.2, 0.25) is 0 Å². The van der Waals surface area contributed by atoms with Crippen molar-refractivity contribution >= 4 is 21.9 Å². The minimum Gasteiger partial charge on any atom is -0.386 e. The molecule has 1 atom stereocenters. The zero-order valence-electron chi connectivity index (χ0n) is 22.1. The standard InChI is InChI=1S/C30H31N7O/c1-5-22-26(6-2)37(27-15-21-16-35(4)34-30(21)31-19(27)3)33-29(22)23-13-10-14-25-24(23)17-36(32-25)18-28(38)20-11-8-7-9-12-20/h7-17,28,38H,5-6,18H2,1-4H3/t28-/m0/s1. The van der Waals surface area contributed by atoms with Crippen molar-refractivity contribution in [3.63, 3.8) is 0 Å². The number of rotatable bonds is 7. The maximum absolute atomic E-state index is 10.8. The van der Waals surface area contributed by atoms with Crippen LogP contribution in [0.2, 0.25) is 0 Å². The maximum atomic E-state index is 10.8. The lowest BCUT2D eigenvalue weighted by Crippen LogP contribution is -2.08. The molecule has 0 amide bonds. The van der Waals surface area contributed by atoms with Crippen LogP contribution >= 0.6 is 0 Å². The fraction of sp³-hybridized carbons (Fsp3) is 0.267. The third kappa shape index (κ3) is 4.07. The van der Waals surface area contributed by atoms with Gasteiger partial charge in [0.15, 0.2) is 5.65 Å². The second-order valence-electron chi connectivity index (χ2n) is 9.72. The molecule has 8 heteroatoms. The third-order valence-corrected chi connectivity index (χ3v) is 7.18. The molecule has 0 radical (unpaired) electrons. The van der Waals surface area contributed by atoms with E-state index in [-0.39, 0.29) is 0 Å². The fourth-order valence-electron chi connectivity index (χ4n) is 5.35. The largest absolute Gasteiger partial charge is 0.386 e. The molecule has 0 saturated heterocycles. The summed E-state index contributed by atoms with van der Waals surface area (Å²) >= 11 is 0. The first-order valence-electron chi connectivity index (χ1n) is 13.1. The van der Waals surface area contributed by atoms with Gasteiger partial charge in [-0.3, -0.25) is 9.36 Å². The quantitative estimate of drug-likeness (QED) is 0.317. The molecule has 0 bridgehead atoms. The Kier molecular flexibility index (Phi) is 6.04. The number of fused-ring (bicyclic) bond motifs is 2. The van der Waals surface area contributed by atoms with E-state index in [9.17, 15) is 5.11 Å². The maximum Gasteiger partial charge on any atom is 0.181 e. The molecule has 0 aliphatic rings. The predicted octanol–water partition coefficient (Wildman–Crippen LogP) is 5.34. The van der Waals surface area contributed by atoms with E-state index in [4.69, 9.17) is 15.2 Å². The summed E-state index contributed by atoms with van der Waals surface area (Å²) in [6.07, 6.45) is 5.08. The summed E-state index contributed by atoms with van der Waals surface area (Å²) in [5.74, 6) is 0. The van der Waals surface area contributed by atoms with Crippen molar-refractivity contribution in [3.8, 4) is 16.9 Å². The molecule has 0 fully saturated rings. The molecule has 38 heavy (non-hydrogen) atoms. The monoisotopic (exact) mass is 505 g/mol. The fourth-order valence-corrected chi connectivity index (χ4v) is 5.35. The van der Waals surface area contributed by atoms with E-state index < -0.39 is 6.10 Å². The number of benzene rings is 2. The van der Waals surface area contributed by atoms with Gasteiger partial charge in [0.05, 0.1) is 35.2 Å². The van der Waals surface area contributed by atoms with Crippen LogP contribution in [0.4, 0.5) is 0 Å². The molecular weight excluding hydrogens is 474 g/mol. The molecule has 6 rings (SSSR count). The van der Waals surface area contributed by atoms with Crippen LogP contribution in [0.15, 0.2) is 67.0 Å². The summed E-state index contributed by atoms with van der Waals surface area (Å²) in [4.78, 5) is 4.76. The second kappa shape index (κ2) is 9.54. The van der Waals surface area contributed by atoms with Crippen LogP contribution in [0.25, 0.3) is 38.9 Å². The lowest BCUT2D eigenvalue weighted by molar-refractivity contribution is 0.152. The van der Waals surface area contributed by atoms with Gasteiger partial charge in [-0.15, -0.1) is 0 Å². The van der Waals surface area contributed by atoms with E-state index in [0.717, 1.165) is 63.0 Å². The third-order valence-electron chi connectivity index (χ3n) is 7.18. The Morgan fingerprint density at radius 1 is 0.921 bits per heavy atom. The summed E-state index contributed by atoms with van der Waals surface area (Å²) in [5, 5.41) is 27.2. The molecule has 0 unspecified atom stereocenters. The van der Waals surface area contributed by atoms with Crippen molar-refractivity contribution in [1.29, 1.82) is 0 Å². The zero-order chi connectivity index (χ0) is 26.4. The van der Waals surface area contributed by atoms with Crippen LogP contribution in [0.1, 0.15) is 42.5 Å². The van der Waals surface area contributed by atoms with Crippen molar-refractivity contribution in [2.45, 2.75) is 46.3 Å². The molecule has 8 nitrogen and oxygen atoms in total. The molecule has 192 valence electrons. The highest BCUT2D eigenvalue weighted by Crippen LogP contribution is 2.34. The zero-order valence-corrected chi connectivity index (χ0v) is 22.1. The van der Waals surface area contributed by atoms with Crippen LogP contribution in [0.3, 0.4) is 0 Å². The number of pyridine rings is 1. The molecule has 2 aromatic carbocycles. The predicted molar refractivity (Wildman–Crippen MR) is 149 cm³/mol. The number of nitrogens with zero attached hydrogens (tertiary/aromatic N) is 7. The van der Waals surface area contributed by atoms with E-state index in [1.54, 1.807) is 4.68 Å². The summed E-state index contributed by atoms with van der Waals surface area (Å²) in [5.41, 5.74) is 8.77. The normalized spacial score (nSPS) is 12.6. The van der Waals surface area contributed by atoms with Gasteiger partial charge in [-0.1, -0.05) is 56.3 Å². The van der Waals surface area contributed by atoms with E-state index in [1.807, 2.05) is 73.5 Å². The number of aliphatic hydroxyl groups is 1. The van der Waals surface area contributed by atoms with E-state index in [1.165, 1.54) is 11.3 Å². The molecule has 0 aliphatic carbocycles. The highest BCUT2D eigenvalue weighted by atomic mass is 16.3. The van der Waals surface area contributed by atoms with Gasteiger partial charge < -0.3 is 5.11 Å². The van der Waals surface area contributed by atoms with Crippen molar-refractivity contribution in [3.05, 3.63) is 89.5 Å². The molecule has 0 aliphatic heterocycles. The van der Waals surface area contributed by atoms with Gasteiger partial charge in [0.25, 0.3) is 0 Å². The van der Waals surface area contributed by atoms with E-state index in [2.05, 4.69) is 35.8 Å². The van der Waals surface area contributed by atoms with Crippen molar-refractivity contribution < 1.29 is 5.11 Å². The SMILES string of the molecule is CCc1c(-c2cccc3nn(C[C@H](O)c4ccccc4)cc23)nn(-c2cc3cn(C)nc3nc2C)c1CC. The van der Waals surface area contributed by atoms with Gasteiger partial charge in [0.1, 0.15) is 0 Å². The van der Waals surface area contributed by atoms with Crippen LogP contribution < -0.4 is 0 Å². The van der Waals surface area contributed by atoms with Gasteiger partial charge in [-0.05, 0) is 37.5 Å². The van der Waals surface area contributed by atoms with E-state index in [0.29, 0.717) is 6.54 Å². The summed E-state index contributed by atoms with van der Waals surface area (Å²) in [6, 6.07) is 18.0. The number of aryl methyl sites for hydroxylation is 2. The van der Waals surface area contributed by atoms with E-state index >= 15 is 0 Å². The molecular formula is C30H31N7O. The molecule has 0 spiro atoms. The Morgan fingerprint density at radius 2 is 1.74 bits per heavy atom. The summed E-state index contributed by atoms with van der Waals surface area (Å²) < 4.78 is 5.69. The smallest absolute Gasteiger partial charge is 0.181 e. The second-order valence-corrected chi connectivity index (χ2v) is 9.72. The molecule has 4 aromatic heterocycles. The average molecular weight is 506 g/mol. The highest BCUT2D eigenvalue weighted by Gasteiger charge is 2.22. The Hall–Kier alpha value is -4.30. The summed E-state index contributed by atoms with van der Waals surface area (Å²) in [6.45, 7) is 6.74. The first-order chi connectivity index (χ1) is 18.5. The van der Waals surface area contributed by atoms with Gasteiger partial charge in [-0.25, -0.2) is 9.67 Å². The lowest BCUT2D eigenvalue weighted by atomic mass is 10.00. The number of hydrogen-bond acceptors (Lipinski definition) is 5. The van der Waals surface area contributed by atoms with Crippen LogP contribution in [0.5, 0.6) is 0 Å². The Labute approximate surface area is 221 Å². The number of aromatic nitrogens is 7. The molecule has 0 saturated carbocycles. The Morgan fingerprint density at radius 3 is 2.50 bits per heavy atom. The Bertz CT molecular complexity index is 1760. The van der Waals surface area contributed by atoms with Crippen LogP contribution in [-0.2, 0) is 26.4 Å². The number of hydrogen-bond donors (Lipinski definition) is 1. The Balaban J connectivity index is 1.46. The molecule has 1 N–H and O–H groups in total. The minimum absolute atomic E-state index is 0.378. The van der Waals surface area contributed by atoms with Crippen molar-refractivity contribution in [2.24, 2.45) is 7.05 Å². The van der Waals surface area contributed by atoms with Gasteiger partial charge in [-0.2, -0.15) is 15.3 Å². The topological polar surface area (TPSA) is 86.6 Å². The first-order valence-corrected chi connectivity index (χ1v) is 13.1. The minimum atomic E-state index is -0.635. The van der Waals surface area contributed by atoms with Gasteiger partial charge in [0, 0.05) is 47.0 Å². The highest BCUT2D eigenvalue weighted by molar-refractivity contribution is 5.94. The molecule has 4 heterocycles. The van der Waals surface area contributed by atoms with Crippen LogP contribution in [-0.4, -0.2) is 39.4 Å². The van der Waals surface area contributed by atoms with Crippen LogP contribution in [0, 0.1) is 6.92 Å². The number of aliphatic hydroxyl groups excluding tert-OH is 1. The molecule has 6 aromatic rings. The lowest BCUT2D eigenvalue weighted by Gasteiger charge is -2.10. The van der Waals surface area contributed by atoms with Gasteiger partial charge >= 0.3 is 0 Å². The average Bonchev–Trinajstić information content (AvgIpc) is 3.61. The summed E-state index contributed by atoms with van der Waals surface area (Å²) in [7, 11) is 1.91.